The molecule has 1 N–H and O–H groups in total. The zero-order chi connectivity index (χ0) is 18.9. The molecular weight excluding hydrogens is 326 g/mol. The molecule has 4 heteroatoms. The van der Waals surface area contributed by atoms with E-state index in [2.05, 4.69) is 49.1 Å². The van der Waals surface area contributed by atoms with Crippen molar-refractivity contribution in [2.45, 2.75) is 39.2 Å². The van der Waals surface area contributed by atoms with Crippen LogP contribution in [0.4, 0.5) is 0 Å². The average molecular weight is 355 g/mol. The van der Waals surface area contributed by atoms with Crippen molar-refractivity contribution in [3.8, 4) is 16.9 Å². The van der Waals surface area contributed by atoms with Crippen LogP contribution in [0.3, 0.4) is 0 Å². The molecule has 0 bridgehead atoms. The molecule has 0 saturated heterocycles. The summed E-state index contributed by atoms with van der Waals surface area (Å²) in [5.74, 6) is 0.146. The lowest BCUT2D eigenvalue weighted by Crippen LogP contribution is -2.28. The summed E-state index contributed by atoms with van der Waals surface area (Å²) < 4.78 is 5.30. The maximum atomic E-state index is 10.6. The first-order chi connectivity index (χ1) is 12.5. The summed E-state index contributed by atoms with van der Waals surface area (Å²) in [5, 5.41) is 8.75. The van der Waals surface area contributed by atoms with Gasteiger partial charge in [-0.1, -0.05) is 43.3 Å². The number of ether oxygens (including phenoxy) is 1. The van der Waals surface area contributed by atoms with E-state index in [0.29, 0.717) is 6.04 Å². The first-order valence-electron chi connectivity index (χ1n) is 9.25. The van der Waals surface area contributed by atoms with Crippen LogP contribution in [0.25, 0.3) is 11.1 Å². The molecule has 0 aliphatic rings. The number of methoxy groups -OCH3 is 1. The molecule has 0 aliphatic heterocycles. The molecule has 0 saturated carbocycles. The maximum absolute atomic E-state index is 10.6. The zero-order valence-corrected chi connectivity index (χ0v) is 15.9. The van der Waals surface area contributed by atoms with Gasteiger partial charge in [0.2, 0.25) is 0 Å². The fourth-order valence-electron chi connectivity index (χ4n) is 3.18. The summed E-state index contributed by atoms with van der Waals surface area (Å²) in [6.07, 6.45) is 1.89. The predicted molar refractivity (Wildman–Crippen MR) is 106 cm³/mol. The molecule has 0 heterocycles. The van der Waals surface area contributed by atoms with Crippen molar-refractivity contribution in [2.24, 2.45) is 0 Å². The van der Waals surface area contributed by atoms with Gasteiger partial charge in [0, 0.05) is 12.5 Å². The standard InChI is InChI=1S/C22H29NO3/c1-4-23(15-6-5-10-22(24)25)17(2)18-11-13-19(14-12-18)20-8-7-9-21(16-20)26-3/h7-9,11-14,16-17H,4-6,10,15H2,1-3H3,(H,24,25). The van der Waals surface area contributed by atoms with Crippen molar-refractivity contribution in [2.75, 3.05) is 20.2 Å². The van der Waals surface area contributed by atoms with Crippen molar-refractivity contribution in [3.63, 3.8) is 0 Å². The maximum Gasteiger partial charge on any atom is 0.303 e. The second-order valence-corrected chi connectivity index (χ2v) is 6.51. The number of carboxylic acids is 1. The molecule has 0 amide bonds. The third-order valence-corrected chi connectivity index (χ3v) is 4.84. The van der Waals surface area contributed by atoms with Gasteiger partial charge in [0.15, 0.2) is 0 Å². The topological polar surface area (TPSA) is 49.8 Å². The summed E-state index contributed by atoms with van der Waals surface area (Å²) in [4.78, 5) is 13.0. The van der Waals surface area contributed by atoms with E-state index in [1.54, 1.807) is 7.11 Å². The van der Waals surface area contributed by atoms with Gasteiger partial charge in [0.1, 0.15) is 5.75 Å². The number of nitrogens with zero attached hydrogens (tertiary/aromatic N) is 1. The quantitative estimate of drug-likeness (QED) is 0.609. The highest BCUT2D eigenvalue weighted by molar-refractivity contribution is 5.66. The molecule has 0 radical (unpaired) electrons. The van der Waals surface area contributed by atoms with Crippen molar-refractivity contribution < 1.29 is 14.6 Å². The van der Waals surface area contributed by atoms with Gasteiger partial charge in [0.25, 0.3) is 0 Å². The van der Waals surface area contributed by atoms with E-state index in [9.17, 15) is 4.79 Å². The van der Waals surface area contributed by atoms with Crippen LogP contribution in [0.5, 0.6) is 5.75 Å². The van der Waals surface area contributed by atoms with E-state index < -0.39 is 5.97 Å². The van der Waals surface area contributed by atoms with Crippen LogP contribution in [0.2, 0.25) is 0 Å². The van der Waals surface area contributed by atoms with Gasteiger partial charge < -0.3 is 9.84 Å². The monoisotopic (exact) mass is 355 g/mol. The van der Waals surface area contributed by atoms with E-state index >= 15 is 0 Å². The number of benzene rings is 2. The van der Waals surface area contributed by atoms with Gasteiger partial charge in [-0.25, -0.2) is 0 Å². The number of hydrogen-bond donors (Lipinski definition) is 1. The Labute approximate surface area is 156 Å². The number of aliphatic carboxylic acids is 1. The molecule has 0 spiro atoms. The van der Waals surface area contributed by atoms with Gasteiger partial charge in [-0.05, 0) is 61.7 Å². The number of carbonyl (C=O) groups is 1. The highest BCUT2D eigenvalue weighted by atomic mass is 16.5. The van der Waals surface area contributed by atoms with Crippen LogP contribution >= 0.6 is 0 Å². The Bertz CT molecular complexity index is 697. The van der Waals surface area contributed by atoms with Gasteiger partial charge in [-0.15, -0.1) is 0 Å². The smallest absolute Gasteiger partial charge is 0.303 e. The average Bonchev–Trinajstić information content (AvgIpc) is 2.67. The van der Waals surface area contributed by atoms with Gasteiger partial charge in [-0.3, -0.25) is 9.69 Å². The minimum Gasteiger partial charge on any atom is -0.497 e. The Morgan fingerprint density at radius 2 is 1.85 bits per heavy atom. The lowest BCUT2D eigenvalue weighted by atomic mass is 10.0. The molecule has 1 atom stereocenters. The summed E-state index contributed by atoms with van der Waals surface area (Å²) in [6.45, 7) is 6.23. The zero-order valence-electron chi connectivity index (χ0n) is 15.9. The third-order valence-electron chi connectivity index (χ3n) is 4.84. The number of unbranched alkanes of at least 4 members (excludes halogenated alkanes) is 1. The van der Waals surface area contributed by atoms with Crippen LogP contribution in [0, 0.1) is 0 Å². The molecule has 2 rings (SSSR count). The van der Waals surface area contributed by atoms with Crippen molar-refractivity contribution in [3.05, 3.63) is 54.1 Å². The Morgan fingerprint density at radius 3 is 2.46 bits per heavy atom. The Hall–Kier alpha value is -2.33. The predicted octanol–water partition coefficient (Wildman–Crippen LogP) is 5.00. The summed E-state index contributed by atoms with van der Waals surface area (Å²) >= 11 is 0. The molecule has 26 heavy (non-hydrogen) atoms. The fourth-order valence-corrected chi connectivity index (χ4v) is 3.18. The van der Waals surface area contributed by atoms with E-state index in [0.717, 1.165) is 37.2 Å². The van der Waals surface area contributed by atoms with Crippen molar-refractivity contribution >= 4 is 5.97 Å². The number of carboxylic acid groups (broad SMARTS) is 1. The van der Waals surface area contributed by atoms with Gasteiger partial charge >= 0.3 is 5.97 Å². The van der Waals surface area contributed by atoms with E-state index in [1.165, 1.54) is 11.1 Å². The molecule has 2 aromatic rings. The summed E-state index contributed by atoms with van der Waals surface area (Å²) in [7, 11) is 1.68. The SMILES string of the molecule is CCN(CCCCC(=O)O)C(C)c1ccc(-c2cccc(OC)c2)cc1. The molecule has 140 valence electrons. The Balaban J connectivity index is 2.02. The Morgan fingerprint density at radius 1 is 1.12 bits per heavy atom. The number of hydrogen-bond acceptors (Lipinski definition) is 3. The van der Waals surface area contributed by atoms with Crippen molar-refractivity contribution in [1.29, 1.82) is 0 Å². The van der Waals surface area contributed by atoms with Crippen LogP contribution in [0.15, 0.2) is 48.5 Å². The fraction of sp³-hybridized carbons (Fsp3) is 0.409. The third kappa shape index (κ3) is 5.60. The Kier molecular flexibility index (Phi) is 7.67. The molecule has 0 aromatic heterocycles. The van der Waals surface area contributed by atoms with E-state index in [4.69, 9.17) is 9.84 Å². The molecule has 0 fully saturated rings. The second-order valence-electron chi connectivity index (χ2n) is 6.51. The molecule has 4 nitrogen and oxygen atoms in total. The van der Waals surface area contributed by atoms with Crippen LogP contribution in [0.1, 0.15) is 44.7 Å². The largest absolute Gasteiger partial charge is 0.497 e. The molecule has 1 unspecified atom stereocenters. The lowest BCUT2D eigenvalue weighted by Gasteiger charge is -2.28. The van der Waals surface area contributed by atoms with Crippen LogP contribution < -0.4 is 4.74 Å². The van der Waals surface area contributed by atoms with E-state index in [-0.39, 0.29) is 6.42 Å². The first kappa shape index (κ1) is 20.0. The summed E-state index contributed by atoms with van der Waals surface area (Å²) in [6, 6.07) is 17.0. The van der Waals surface area contributed by atoms with Gasteiger partial charge in [-0.2, -0.15) is 0 Å². The highest BCUT2D eigenvalue weighted by Gasteiger charge is 2.14. The molecule has 2 aromatic carbocycles. The molecule has 0 aliphatic carbocycles. The van der Waals surface area contributed by atoms with Crippen molar-refractivity contribution in [1.82, 2.24) is 4.90 Å². The van der Waals surface area contributed by atoms with Crippen LogP contribution in [-0.2, 0) is 4.79 Å². The van der Waals surface area contributed by atoms with E-state index in [1.807, 2.05) is 18.2 Å². The normalized spacial score (nSPS) is 12.2. The minimum atomic E-state index is -0.714. The summed E-state index contributed by atoms with van der Waals surface area (Å²) in [5.41, 5.74) is 3.59. The van der Waals surface area contributed by atoms with Crippen LogP contribution in [-0.4, -0.2) is 36.2 Å². The number of rotatable bonds is 10. The minimum absolute atomic E-state index is 0.251. The van der Waals surface area contributed by atoms with Gasteiger partial charge in [0.05, 0.1) is 7.11 Å². The first-order valence-corrected chi connectivity index (χ1v) is 9.25. The second kappa shape index (κ2) is 9.97. The lowest BCUT2D eigenvalue weighted by molar-refractivity contribution is -0.137. The highest BCUT2D eigenvalue weighted by Crippen LogP contribution is 2.27. The molecular formula is C22H29NO3.